The molecule has 1 atom stereocenters. The van der Waals surface area contributed by atoms with Crippen molar-refractivity contribution in [3.05, 3.63) is 46.8 Å². The molecular formula is C20H29N3O2. The quantitative estimate of drug-likeness (QED) is 0.811. The standard InChI is InChI=1S/C20H29N3O2/c1-3-25-20-7-6-17(9-18(20)14-24)13-23-8-4-5-16(12-23)10-19-15(2)11-21-22-19/h6-7,9,11,16,24H,3-5,8,10,12-14H2,1-2H3,(H,21,22)/t16-/m1/s1. The summed E-state index contributed by atoms with van der Waals surface area (Å²) in [5.74, 6) is 1.47. The van der Waals surface area contributed by atoms with Gasteiger partial charge in [0.25, 0.3) is 0 Å². The fourth-order valence-electron chi connectivity index (χ4n) is 3.74. The number of H-pyrrole nitrogens is 1. The van der Waals surface area contributed by atoms with Crippen molar-refractivity contribution in [2.75, 3.05) is 19.7 Å². The van der Waals surface area contributed by atoms with Crippen LogP contribution in [0.3, 0.4) is 0 Å². The topological polar surface area (TPSA) is 61.4 Å². The molecule has 0 unspecified atom stereocenters. The fourth-order valence-corrected chi connectivity index (χ4v) is 3.74. The minimum absolute atomic E-state index is 0.0187. The van der Waals surface area contributed by atoms with Gasteiger partial charge in [0.15, 0.2) is 0 Å². The minimum Gasteiger partial charge on any atom is -0.494 e. The summed E-state index contributed by atoms with van der Waals surface area (Å²) in [7, 11) is 0. The molecule has 3 rings (SSSR count). The molecule has 1 fully saturated rings. The molecule has 0 saturated carbocycles. The highest BCUT2D eigenvalue weighted by Gasteiger charge is 2.21. The Kier molecular flexibility index (Phi) is 6.10. The zero-order valence-corrected chi connectivity index (χ0v) is 15.3. The van der Waals surface area contributed by atoms with Crippen LogP contribution in [0.25, 0.3) is 0 Å². The predicted molar refractivity (Wildman–Crippen MR) is 98.6 cm³/mol. The summed E-state index contributed by atoms with van der Waals surface area (Å²) in [4.78, 5) is 2.52. The Labute approximate surface area is 150 Å². The number of aromatic nitrogens is 2. The fraction of sp³-hybridized carbons (Fsp3) is 0.550. The number of hydrogen-bond acceptors (Lipinski definition) is 4. The molecule has 2 aromatic rings. The molecule has 0 spiro atoms. The van der Waals surface area contributed by atoms with Crippen molar-refractivity contribution in [3.63, 3.8) is 0 Å². The number of piperidine rings is 1. The normalized spacial score (nSPS) is 18.4. The van der Waals surface area contributed by atoms with Crippen molar-refractivity contribution in [2.45, 2.75) is 46.3 Å². The number of benzene rings is 1. The highest BCUT2D eigenvalue weighted by molar-refractivity contribution is 5.37. The summed E-state index contributed by atoms with van der Waals surface area (Å²) < 4.78 is 5.58. The van der Waals surface area contributed by atoms with Crippen LogP contribution < -0.4 is 4.74 Å². The second kappa shape index (κ2) is 8.50. The first-order valence-electron chi connectivity index (χ1n) is 9.26. The van der Waals surface area contributed by atoms with E-state index < -0.39 is 0 Å². The molecule has 2 N–H and O–H groups in total. The molecule has 1 aromatic carbocycles. The van der Waals surface area contributed by atoms with Gasteiger partial charge in [-0.05, 0) is 68.8 Å². The second-order valence-electron chi connectivity index (χ2n) is 7.01. The first-order chi connectivity index (χ1) is 12.2. The number of aryl methyl sites for hydroxylation is 1. The molecule has 136 valence electrons. The van der Waals surface area contributed by atoms with Gasteiger partial charge >= 0.3 is 0 Å². The molecule has 25 heavy (non-hydrogen) atoms. The van der Waals surface area contributed by atoms with Gasteiger partial charge in [0.2, 0.25) is 0 Å². The SMILES string of the molecule is CCOc1ccc(CN2CCC[C@H](Cc3[nH]ncc3C)C2)cc1CO. The lowest BCUT2D eigenvalue weighted by atomic mass is 9.92. The van der Waals surface area contributed by atoms with Gasteiger partial charge in [-0.25, -0.2) is 0 Å². The molecule has 0 amide bonds. The third-order valence-corrected chi connectivity index (χ3v) is 5.03. The summed E-state index contributed by atoms with van der Waals surface area (Å²) in [5.41, 5.74) is 4.65. The van der Waals surface area contributed by atoms with Crippen molar-refractivity contribution < 1.29 is 9.84 Å². The van der Waals surface area contributed by atoms with E-state index in [2.05, 4.69) is 34.2 Å². The van der Waals surface area contributed by atoms with Crippen LogP contribution in [0.15, 0.2) is 24.4 Å². The van der Waals surface area contributed by atoms with E-state index in [1.54, 1.807) is 0 Å². The van der Waals surface area contributed by atoms with Crippen molar-refractivity contribution in [1.29, 1.82) is 0 Å². The molecule has 2 heterocycles. The molecule has 1 aliphatic heterocycles. The van der Waals surface area contributed by atoms with Crippen LogP contribution in [0.5, 0.6) is 5.75 Å². The van der Waals surface area contributed by atoms with Crippen molar-refractivity contribution >= 4 is 0 Å². The first kappa shape index (κ1) is 18.0. The summed E-state index contributed by atoms with van der Waals surface area (Å²) >= 11 is 0. The van der Waals surface area contributed by atoms with E-state index in [4.69, 9.17) is 4.74 Å². The number of rotatable bonds is 7. The molecule has 5 heteroatoms. The monoisotopic (exact) mass is 343 g/mol. The molecule has 1 saturated heterocycles. The van der Waals surface area contributed by atoms with Crippen LogP contribution in [0, 0.1) is 12.8 Å². The van der Waals surface area contributed by atoms with Crippen molar-refractivity contribution in [2.24, 2.45) is 5.92 Å². The molecule has 1 aliphatic rings. The zero-order valence-electron chi connectivity index (χ0n) is 15.3. The van der Waals surface area contributed by atoms with Crippen molar-refractivity contribution in [1.82, 2.24) is 15.1 Å². The Morgan fingerprint density at radius 2 is 2.28 bits per heavy atom. The highest BCUT2D eigenvalue weighted by Crippen LogP contribution is 2.25. The lowest BCUT2D eigenvalue weighted by Crippen LogP contribution is -2.35. The second-order valence-corrected chi connectivity index (χ2v) is 7.01. The highest BCUT2D eigenvalue weighted by atomic mass is 16.5. The molecule has 0 radical (unpaired) electrons. The Hall–Kier alpha value is -1.85. The maximum Gasteiger partial charge on any atom is 0.124 e. The van der Waals surface area contributed by atoms with E-state index in [1.807, 2.05) is 19.2 Å². The van der Waals surface area contributed by atoms with Gasteiger partial charge in [0, 0.05) is 24.3 Å². The number of hydrogen-bond donors (Lipinski definition) is 2. The summed E-state index contributed by atoms with van der Waals surface area (Å²) in [6.45, 7) is 7.90. The Bertz CT molecular complexity index is 683. The minimum atomic E-state index is 0.0187. The summed E-state index contributed by atoms with van der Waals surface area (Å²) in [5, 5.41) is 16.9. The number of likely N-dealkylation sites (tertiary alicyclic amines) is 1. The molecular weight excluding hydrogens is 314 g/mol. The molecule has 0 bridgehead atoms. The largest absolute Gasteiger partial charge is 0.494 e. The Morgan fingerprint density at radius 3 is 3.00 bits per heavy atom. The van der Waals surface area contributed by atoms with Crippen molar-refractivity contribution in [3.8, 4) is 5.75 Å². The van der Waals surface area contributed by atoms with E-state index in [0.717, 1.165) is 37.4 Å². The van der Waals surface area contributed by atoms with Crippen LogP contribution in [0.2, 0.25) is 0 Å². The van der Waals surface area contributed by atoms with Gasteiger partial charge in [-0.15, -0.1) is 0 Å². The molecule has 0 aliphatic carbocycles. The van der Waals surface area contributed by atoms with E-state index in [-0.39, 0.29) is 6.61 Å². The maximum absolute atomic E-state index is 9.58. The van der Waals surface area contributed by atoms with Crippen LogP contribution in [-0.4, -0.2) is 39.9 Å². The molecule has 1 aromatic heterocycles. The van der Waals surface area contributed by atoms with Crippen LogP contribution in [-0.2, 0) is 19.6 Å². The number of nitrogens with zero attached hydrogens (tertiary/aromatic N) is 2. The summed E-state index contributed by atoms with van der Waals surface area (Å²) in [6, 6.07) is 6.18. The number of aliphatic hydroxyl groups excluding tert-OH is 1. The zero-order chi connectivity index (χ0) is 17.6. The number of nitrogens with one attached hydrogen (secondary N) is 1. The Morgan fingerprint density at radius 1 is 1.40 bits per heavy atom. The predicted octanol–water partition coefficient (Wildman–Crippen LogP) is 3.06. The first-order valence-corrected chi connectivity index (χ1v) is 9.26. The van der Waals surface area contributed by atoms with Gasteiger partial charge in [-0.1, -0.05) is 6.07 Å². The lowest BCUT2D eigenvalue weighted by molar-refractivity contribution is 0.166. The van der Waals surface area contributed by atoms with Crippen LogP contribution in [0.4, 0.5) is 0 Å². The molecule has 5 nitrogen and oxygen atoms in total. The number of ether oxygens (including phenoxy) is 1. The van der Waals surface area contributed by atoms with Gasteiger partial charge in [-0.2, -0.15) is 5.10 Å². The maximum atomic E-state index is 9.58. The van der Waals surface area contributed by atoms with E-state index in [1.165, 1.54) is 29.7 Å². The van der Waals surface area contributed by atoms with Gasteiger partial charge in [-0.3, -0.25) is 10.00 Å². The van der Waals surface area contributed by atoms with Crippen LogP contribution >= 0.6 is 0 Å². The summed E-state index contributed by atoms with van der Waals surface area (Å²) in [6.07, 6.45) is 5.50. The third kappa shape index (κ3) is 4.61. The van der Waals surface area contributed by atoms with Crippen LogP contribution in [0.1, 0.15) is 42.1 Å². The average molecular weight is 343 g/mol. The average Bonchev–Trinajstić information content (AvgIpc) is 3.01. The smallest absolute Gasteiger partial charge is 0.124 e. The Balaban J connectivity index is 1.61. The third-order valence-electron chi connectivity index (χ3n) is 5.03. The van der Waals surface area contributed by atoms with E-state index in [9.17, 15) is 5.11 Å². The van der Waals surface area contributed by atoms with E-state index >= 15 is 0 Å². The van der Waals surface area contributed by atoms with Gasteiger partial charge in [0.05, 0.1) is 19.4 Å². The number of aromatic amines is 1. The number of aliphatic hydroxyl groups is 1. The van der Waals surface area contributed by atoms with Gasteiger partial charge in [0.1, 0.15) is 5.75 Å². The van der Waals surface area contributed by atoms with E-state index in [0.29, 0.717) is 12.5 Å². The van der Waals surface area contributed by atoms with Gasteiger partial charge < -0.3 is 9.84 Å². The lowest BCUT2D eigenvalue weighted by Gasteiger charge is -2.32.